The largest absolute Gasteiger partial charge is 0.309 e. The van der Waals surface area contributed by atoms with Crippen LogP contribution in [0.3, 0.4) is 0 Å². The molecule has 556 valence electrons. The van der Waals surface area contributed by atoms with E-state index in [0.717, 1.165) is 11.4 Å². The van der Waals surface area contributed by atoms with Gasteiger partial charge in [-0.3, -0.25) is 0 Å². The summed E-state index contributed by atoms with van der Waals surface area (Å²) in [4.78, 5) is 0. The molecule has 2 aliphatic rings. The zero-order valence-electron chi connectivity index (χ0n) is 66.0. The fourth-order valence-corrected chi connectivity index (χ4v) is 20.1. The van der Waals surface area contributed by atoms with Crippen molar-refractivity contribution in [3.05, 3.63) is 435 Å². The van der Waals surface area contributed by atoms with Gasteiger partial charge in [0.05, 0.1) is 44.1 Å². The topological polar surface area (TPSA) is 19.7 Å². The van der Waals surface area contributed by atoms with Crippen LogP contribution < -0.4 is 0 Å². The first-order chi connectivity index (χ1) is 58.1. The minimum absolute atomic E-state index is 0.0950. The highest BCUT2D eigenvalue weighted by molar-refractivity contribution is 6.19. The van der Waals surface area contributed by atoms with Crippen LogP contribution in [0.15, 0.2) is 413 Å². The van der Waals surface area contributed by atoms with Crippen molar-refractivity contribution in [3.8, 4) is 112 Å². The minimum Gasteiger partial charge on any atom is -0.309 e. The molecule has 4 heterocycles. The lowest BCUT2D eigenvalue weighted by atomic mass is 9.81. The van der Waals surface area contributed by atoms with Gasteiger partial charge in [0.2, 0.25) is 0 Å². The Balaban J connectivity index is 0.000000138. The summed E-state index contributed by atoms with van der Waals surface area (Å²) in [5, 5.41) is 10.1. The number of aromatic nitrogens is 4. The summed E-state index contributed by atoms with van der Waals surface area (Å²) in [6.07, 6.45) is 0. The van der Waals surface area contributed by atoms with Crippen molar-refractivity contribution in [2.24, 2.45) is 0 Å². The van der Waals surface area contributed by atoms with Gasteiger partial charge in [0.1, 0.15) is 0 Å². The van der Waals surface area contributed by atoms with E-state index in [0.29, 0.717) is 0 Å². The Morgan fingerprint density at radius 2 is 0.458 bits per heavy atom. The lowest BCUT2D eigenvalue weighted by Crippen LogP contribution is -2.16. The van der Waals surface area contributed by atoms with Crippen LogP contribution in [0.2, 0.25) is 0 Å². The molecule has 24 rings (SSSR count). The zero-order valence-corrected chi connectivity index (χ0v) is 66.0. The first-order valence-electron chi connectivity index (χ1n) is 41.2. The van der Waals surface area contributed by atoms with Gasteiger partial charge in [0, 0.05) is 82.2 Å². The molecule has 0 fully saturated rings. The summed E-state index contributed by atoms with van der Waals surface area (Å²) in [5.41, 5.74) is 39.8. The SMILES string of the molecule is CC1(C)c2ccccc2-c2c1ccc1c3cc(-c4ccc5c(c4)c4ccccc4n5-c4ccc(-c5ccccc5)cc4)ccc3n(-c3ccc(-c4ccccc4)cc3)c21.CC1(C)c2ccccc2-c2ccc3c4cc(-c5ccc6c(c5)c5ccccc5n6-c5ccc(-c6ccccc6)cc5)ccc4n(-c4ccc(-c5ccccc5)cc4)c3c21. The highest BCUT2D eigenvalue weighted by Gasteiger charge is 2.40. The summed E-state index contributed by atoms with van der Waals surface area (Å²) in [5.74, 6) is 0. The van der Waals surface area contributed by atoms with Crippen molar-refractivity contribution in [1.29, 1.82) is 0 Å². The highest BCUT2D eigenvalue weighted by atomic mass is 15.0. The maximum Gasteiger partial charge on any atom is 0.0622 e. The van der Waals surface area contributed by atoms with Gasteiger partial charge < -0.3 is 18.3 Å². The van der Waals surface area contributed by atoms with E-state index in [1.54, 1.807) is 0 Å². The molecule has 0 amide bonds. The van der Waals surface area contributed by atoms with Gasteiger partial charge in [-0.2, -0.15) is 0 Å². The molecule has 0 N–H and O–H groups in total. The maximum atomic E-state index is 2.52. The molecule has 0 radical (unpaired) electrons. The summed E-state index contributed by atoms with van der Waals surface area (Å²) < 4.78 is 9.85. The van der Waals surface area contributed by atoms with Gasteiger partial charge in [-0.15, -0.1) is 0 Å². The second-order valence-electron chi connectivity index (χ2n) is 33.1. The molecule has 118 heavy (non-hydrogen) atoms. The molecule has 0 saturated heterocycles. The van der Waals surface area contributed by atoms with Crippen LogP contribution in [0, 0.1) is 0 Å². The van der Waals surface area contributed by atoms with E-state index in [1.807, 2.05) is 0 Å². The molecule has 4 heteroatoms. The van der Waals surface area contributed by atoms with E-state index in [-0.39, 0.29) is 10.8 Å². The molecular formula is C114H80N4. The van der Waals surface area contributed by atoms with Gasteiger partial charge in [-0.05, 0) is 215 Å². The number of benzene rings is 18. The molecule has 2 aliphatic carbocycles. The van der Waals surface area contributed by atoms with Crippen molar-refractivity contribution in [1.82, 2.24) is 18.3 Å². The lowest BCUT2D eigenvalue weighted by Gasteiger charge is -2.23. The van der Waals surface area contributed by atoms with Crippen LogP contribution in [-0.2, 0) is 10.8 Å². The third-order valence-corrected chi connectivity index (χ3v) is 25.9. The third-order valence-electron chi connectivity index (χ3n) is 25.9. The van der Waals surface area contributed by atoms with Crippen LogP contribution >= 0.6 is 0 Å². The molecule has 0 aliphatic heterocycles. The monoisotopic (exact) mass is 1500 g/mol. The van der Waals surface area contributed by atoms with Crippen LogP contribution in [0.4, 0.5) is 0 Å². The van der Waals surface area contributed by atoms with Gasteiger partial charge >= 0.3 is 0 Å². The lowest BCUT2D eigenvalue weighted by molar-refractivity contribution is 0.661. The number of hydrogen-bond donors (Lipinski definition) is 0. The van der Waals surface area contributed by atoms with Gasteiger partial charge in [0.15, 0.2) is 0 Å². The molecular weight excluding hydrogens is 1430 g/mol. The molecule has 4 aromatic heterocycles. The van der Waals surface area contributed by atoms with Crippen molar-refractivity contribution >= 4 is 87.2 Å². The maximum absolute atomic E-state index is 2.52. The van der Waals surface area contributed by atoms with Crippen LogP contribution in [0.25, 0.3) is 199 Å². The molecule has 0 unspecified atom stereocenters. The predicted octanol–water partition coefficient (Wildman–Crippen LogP) is 30.4. The summed E-state index contributed by atoms with van der Waals surface area (Å²) in [6, 6.07) is 152. The molecule has 4 nitrogen and oxygen atoms in total. The van der Waals surface area contributed by atoms with Crippen molar-refractivity contribution in [3.63, 3.8) is 0 Å². The fourth-order valence-electron chi connectivity index (χ4n) is 20.1. The number of para-hydroxylation sites is 2. The molecule has 0 saturated carbocycles. The van der Waals surface area contributed by atoms with E-state index in [4.69, 9.17) is 0 Å². The summed E-state index contributed by atoms with van der Waals surface area (Å²) in [6.45, 7) is 9.53. The fraction of sp³-hybridized carbons (Fsp3) is 0.0526. The van der Waals surface area contributed by atoms with Crippen LogP contribution in [0.5, 0.6) is 0 Å². The van der Waals surface area contributed by atoms with Gasteiger partial charge in [-0.25, -0.2) is 0 Å². The van der Waals surface area contributed by atoms with Crippen molar-refractivity contribution < 1.29 is 0 Å². The zero-order chi connectivity index (χ0) is 78.5. The molecule has 18 aromatic carbocycles. The first-order valence-corrected chi connectivity index (χ1v) is 41.2. The third kappa shape index (κ3) is 10.8. The van der Waals surface area contributed by atoms with Crippen molar-refractivity contribution in [2.75, 3.05) is 0 Å². The Morgan fingerprint density at radius 1 is 0.169 bits per heavy atom. The number of rotatable bonds is 10. The summed E-state index contributed by atoms with van der Waals surface area (Å²) >= 11 is 0. The second-order valence-corrected chi connectivity index (χ2v) is 33.1. The standard InChI is InChI=1S/2C57H40N2/c1-57(2)50-19-11-9-18-47(50)55-51(57)32-31-46-49-36-42(26-34-54(49)59(56(46)55)44-29-23-40(24-30-44)38-15-7-4-8-16-38)41-25-33-53-48(35-41)45-17-10-12-20-52(45)58(53)43-27-21-39(22-28-43)37-13-5-3-6-14-37;1-57(2)51-19-11-9-17-45(51)47-31-32-48-50-36-42(26-34-54(50)59(56(48)55(47)57)44-29-23-40(24-30-44)38-15-7-4-8-16-38)41-25-33-53-49(35-41)46-18-10-12-20-52(46)58(53)43-27-21-39(22-28-43)37-13-5-3-6-14-37/h2*3-36H,1-2H3. The van der Waals surface area contributed by atoms with Gasteiger partial charge in [-0.1, -0.05) is 331 Å². The Morgan fingerprint density at radius 3 is 0.873 bits per heavy atom. The number of hydrogen-bond acceptors (Lipinski definition) is 0. The highest BCUT2D eigenvalue weighted by Crippen LogP contribution is 2.56. The molecule has 22 aromatic rings. The number of fused-ring (bicyclic) bond motifs is 20. The minimum atomic E-state index is -0.161. The predicted molar refractivity (Wildman–Crippen MR) is 498 cm³/mol. The first kappa shape index (κ1) is 68.7. The van der Waals surface area contributed by atoms with Crippen molar-refractivity contribution in [2.45, 2.75) is 38.5 Å². The van der Waals surface area contributed by atoms with E-state index in [9.17, 15) is 0 Å². The van der Waals surface area contributed by atoms with E-state index >= 15 is 0 Å². The Labute approximate surface area is 685 Å². The van der Waals surface area contributed by atoms with Gasteiger partial charge in [0.25, 0.3) is 0 Å². The Hall–Kier alpha value is -14.8. The average Bonchev–Trinajstić information content (AvgIpc) is 1.65. The smallest absolute Gasteiger partial charge is 0.0622 e. The van der Waals surface area contributed by atoms with Crippen LogP contribution in [0.1, 0.15) is 49.9 Å². The molecule has 0 spiro atoms. The molecule has 0 atom stereocenters. The Kier molecular flexibility index (Phi) is 15.7. The summed E-state index contributed by atoms with van der Waals surface area (Å²) in [7, 11) is 0. The van der Waals surface area contributed by atoms with E-state index < -0.39 is 0 Å². The second kappa shape index (κ2) is 26.9. The van der Waals surface area contributed by atoms with E-state index in [1.165, 1.54) is 210 Å². The number of nitrogens with zero attached hydrogens (tertiary/aromatic N) is 4. The average molecular weight is 1510 g/mol. The Bertz CT molecular complexity index is 7770. The normalized spacial score (nSPS) is 13.1. The molecule has 0 bridgehead atoms. The van der Waals surface area contributed by atoms with Crippen LogP contribution in [-0.4, -0.2) is 18.3 Å². The van der Waals surface area contributed by atoms with E-state index in [2.05, 4.69) is 458 Å². The quantitative estimate of drug-likeness (QED) is 0.130.